The predicted molar refractivity (Wildman–Crippen MR) is 95.9 cm³/mol. The molecule has 0 saturated heterocycles. The van der Waals surface area contributed by atoms with E-state index in [1.807, 2.05) is 31.2 Å². The quantitative estimate of drug-likeness (QED) is 0.799. The lowest BCUT2D eigenvalue weighted by molar-refractivity contribution is -0.140. The van der Waals surface area contributed by atoms with E-state index in [0.717, 1.165) is 24.2 Å². The molecule has 0 aliphatic heterocycles. The maximum Gasteiger partial charge on any atom is 0.306 e. The first-order valence-electron chi connectivity index (χ1n) is 8.77. The minimum absolute atomic E-state index is 0.0384. The molecule has 0 heterocycles. The van der Waals surface area contributed by atoms with Crippen molar-refractivity contribution >= 4 is 5.97 Å². The van der Waals surface area contributed by atoms with Crippen LogP contribution in [0.15, 0.2) is 42.5 Å². The summed E-state index contributed by atoms with van der Waals surface area (Å²) in [6, 6.07) is 14.0. The molecule has 0 fully saturated rings. The van der Waals surface area contributed by atoms with Gasteiger partial charge in [0.25, 0.3) is 0 Å². The summed E-state index contributed by atoms with van der Waals surface area (Å²) in [7, 11) is 0. The van der Waals surface area contributed by atoms with Crippen LogP contribution in [0.4, 0.5) is 0 Å². The highest BCUT2D eigenvalue weighted by atomic mass is 16.5. The molecule has 1 aliphatic carbocycles. The van der Waals surface area contributed by atoms with E-state index in [1.165, 1.54) is 16.7 Å². The summed E-state index contributed by atoms with van der Waals surface area (Å²) >= 11 is 0. The van der Waals surface area contributed by atoms with Crippen LogP contribution in [0.25, 0.3) is 0 Å². The molecule has 0 unspecified atom stereocenters. The summed E-state index contributed by atoms with van der Waals surface area (Å²) in [6.07, 6.45) is 1.66. The van der Waals surface area contributed by atoms with Crippen molar-refractivity contribution in [1.29, 1.82) is 0 Å². The largest absolute Gasteiger partial charge is 0.486 e. The molecule has 2 atom stereocenters. The van der Waals surface area contributed by atoms with E-state index in [0.29, 0.717) is 6.61 Å². The molecule has 0 aromatic heterocycles. The van der Waals surface area contributed by atoms with Crippen LogP contribution in [0.2, 0.25) is 0 Å². The molecule has 3 rings (SSSR count). The fourth-order valence-corrected chi connectivity index (χ4v) is 3.48. The van der Waals surface area contributed by atoms with E-state index in [1.54, 1.807) is 0 Å². The predicted octanol–water partition coefficient (Wildman–Crippen LogP) is 4.61. The molecule has 0 amide bonds. The van der Waals surface area contributed by atoms with Crippen molar-refractivity contribution in [3.05, 3.63) is 64.7 Å². The van der Waals surface area contributed by atoms with Crippen LogP contribution in [0, 0.1) is 6.92 Å². The van der Waals surface area contributed by atoms with Gasteiger partial charge in [-0.05, 0) is 61.1 Å². The van der Waals surface area contributed by atoms with Gasteiger partial charge in [0.05, 0.1) is 12.5 Å². The summed E-state index contributed by atoms with van der Waals surface area (Å²) in [5, 5.41) is 9.03. The average molecular weight is 340 g/mol. The Morgan fingerprint density at radius 3 is 2.68 bits per heavy atom. The lowest BCUT2D eigenvalue weighted by Crippen LogP contribution is -2.10. The van der Waals surface area contributed by atoms with E-state index in [-0.39, 0.29) is 12.5 Å². The highest BCUT2D eigenvalue weighted by Crippen LogP contribution is 2.36. The Kier molecular flexibility index (Phi) is 5.39. The van der Waals surface area contributed by atoms with Gasteiger partial charge >= 0.3 is 5.97 Å². The van der Waals surface area contributed by atoms with Gasteiger partial charge < -0.3 is 14.6 Å². The molecule has 25 heavy (non-hydrogen) atoms. The third-order valence-electron chi connectivity index (χ3n) is 4.71. The van der Waals surface area contributed by atoms with Crippen molar-refractivity contribution in [2.45, 2.75) is 45.3 Å². The molecule has 0 bridgehead atoms. The second-order valence-corrected chi connectivity index (χ2v) is 6.40. The molecule has 0 radical (unpaired) electrons. The Balaban J connectivity index is 1.71. The Labute approximate surface area is 148 Å². The van der Waals surface area contributed by atoms with Crippen LogP contribution in [-0.4, -0.2) is 17.7 Å². The van der Waals surface area contributed by atoms with E-state index >= 15 is 0 Å². The Morgan fingerprint density at radius 1 is 1.24 bits per heavy atom. The lowest BCUT2D eigenvalue weighted by Gasteiger charge is -2.18. The maximum atomic E-state index is 11.0. The van der Waals surface area contributed by atoms with Gasteiger partial charge in [0, 0.05) is 6.61 Å². The number of hydrogen-bond donors (Lipinski definition) is 1. The highest BCUT2D eigenvalue weighted by Gasteiger charge is 2.25. The molecule has 0 spiro atoms. The van der Waals surface area contributed by atoms with Crippen LogP contribution >= 0.6 is 0 Å². The minimum Gasteiger partial charge on any atom is -0.486 e. The van der Waals surface area contributed by atoms with Gasteiger partial charge in [-0.1, -0.05) is 30.3 Å². The number of carboxylic acids is 1. The standard InChI is InChI=1S/C21H24O4/c1-3-24-20(13-21(22)23)15-7-9-16(10-8-15)25-19-12-11-17-14(2)5-4-6-18(17)19/h4-10,19-20H,3,11-13H2,1-2H3,(H,22,23)/t19-,20+/m1/s1. The monoisotopic (exact) mass is 340 g/mol. The molecule has 132 valence electrons. The molecule has 0 saturated carbocycles. The van der Waals surface area contributed by atoms with Crippen LogP contribution < -0.4 is 4.74 Å². The first kappa shape index (κ1) is 17.5. The summed E-state index contributed by atoms with van der Waals surface area (Å²) in [5.74, 6) is -0.0645. The molecule has 2 aromatic rings. The SMILES string of the molecule is CCO[C@@H](CC(=O)O)c1ccc(O[C@@H]2CCc3c(C)cccc32)cc1. The van der Waals surface area contributed by atoms with Crippen molar-refractivity contribution in [1.82, 2.24) is 0 Å². The first-order valence-corrected chi connectivity index (χ1v) is 8.77. The Hall–Kier alpha value is -2.33. The van der Waals surface area contributed by atoms with Crippen LogP contribution in [0.1, 0.15) is 54.2 Å². The van der Waals surface area contributed by atoms with Gasteiger partial charge in [0.1, 0.15) is 11.9 Å². The van der Waals surface area contributed by atoms with Gasteiger partial charge in [-0.15, -0.1) is 0 Å². The Morgan fingerprint density at radius 2 is 2.00 bits per heavy atom. The zero-order valence-electron chi connectivity index (χ0n) is 14.7. The molecular formula is C21H24O4. The van der Waals surface area contributed by atoms with Crippen LogP contribution in [0.5, 0.6) is 5.75 Å². The van der Waals surface area contributed by atoms with Crippen molar-refractivity contribution in [3.63, 3.8) is 0 Å². The van der Waals surface area contributed by atoms with Crippen LogP contribution in [0.3, 0.4) is 0 Å². The average Bonchev–Trinajstić information content (AvgIpc) is 2.99. The number of aliphatic carboxylic acids is 1. The zero-order valence-corrected chi connectivity index (χ0v) is 14.7. The van der Waals surface area contributed by atoms with E-state index < -0.39 is 12.1 Å². The van der Waals surface area contributed by atoms with E-state index in [9.17, 15) is 4.79 Å². The van der Waals surface area contributed by atoms with Crippen LogP contribution in [-0.2, 0) is 16.0 Å². The van der Waals surface area contributed by atoms with Crippen molar-refractivity contribution < 1.29 is 19.4 Å². The molecule has 1 aliphatic rings. The number of benzene rings is 2. The number of carbonyl (C=O) groups is 1. The Bertz CT molecular complexity index is 736. The lowest BCUT2D eigenvalue weighted by atomic mass is 10.0. The smallest absolute Gasteiger partial charge is 0.306 e. The van der Waals surface area contributed by atoms with E-state index in [2.05, 4.69) is 25.1 Å². The molecular weight excluding hydrogens is 316 g/mol. The number of fused-ring (bicyclic) bond motifs is 1. The number of rotatable bonds is 7. The second kappa shape index (κ2) is 7.70. The van der Waals surface area contributed by atoms with Gasteiger partial charge in [-0.3, -0.25) is 4.79 Å². The molecule has 4 heteroatoms. The third-order valence-corrected chi connectivity index (χ3v) is 4.71. The summed E-state index contributed by atoms with van der Waals surface area (Å²) in [5.41, 5.74) is 4.87. The van der Waals surface area contributed by atoms with Crippen molar-refractivity contribution in [2.75, 3.05) is 6.61 Å². The fraction of sp³-hybridized carbons (Fsp3) is 0.381. The van der Waals surface area contributed by atoms with Gasteiger partial charge in [-0.25, -0.2) is 0 Å². The van der Waals surface area contributed by atoms with Gasteiger partial charge in [-0.2, -0.15) is 0 Å². The van der Waals surface area contributed by atoms with Gasteiger partial charge in [0.15, 0.2) is 0 Å². The number of ether oxygens (including phenoxy) is 2. The number of aryl methyl sites for hydroxylation is 1. The normalized spacial score (nSPS) is 17.1. The van der Waals surface area contributed by atoms with E-state index in [4.69, 9.17) is 14.6 Å². The molecule has 1 N–H and O–H groups in total. The number of hydrogen-bond acceptors (Lipinski definition) is 3. The van der Waals surface area contributed by atoms with Gasteiger partial charge in [0.2, 0.25) is 0 Å². The first-order chi connectivity index (χ1) is 12.1. The highest BCUT2D eigenvalue weighted by molar-refractivity contribution is 5.67. The third kappa shape index (κ3) is 4.02. The fourth-order valence-electron chi connectivity index (χ4n) is 3.48. The molecule has 2 aromatic carbocycles. The maximum absolute atomic E-state index is 11.0. The van der Waals surface area contributed by atoms with Crippen molar-refractivity contribution in [3.8, 4) is 5.75 Å². The summed E-state index contributed by atoms with van der Waals surface area (Å²) in [4.78, 5) is 11.0. The molecule has 4 nitrogen and oxygen atoms in total. The topological polar surface area (TPSA) is 55.8 Å². The second-order valence-electron chi connectivity index (χ2n) is 6.40. The number of carboxylic acid groups (broad SMARTS) is 1. The summed E-state index contributed by atoms with van der Waals surface area (Å²) < 4.78 is 11.7. The van der Waals surface area contributed by atoms with Crippen molar-refractivity contribution in [2.24, 2.45) is 0 Å². The summed E-state index contributed by atoms with van der Waals surface area (Å²) in [6.45, 7) is 4.49. The zero-order chi connectivity index (χ0) is 17.8. The minimum atomic E-state index is -0.864.